The van der Waals surface area contributed by atoms with Crippen molar-refractivity contribution < 1.29 is 14.3 Å². The average Bonchev–Trinajstić information content (AvgIpc) is 3.25. The number of carbonyl (C=O) groups is 2. The van der Waals surface area contributed by atoms with Gasteiger partial charge in [0.2, 0.25) is 11.9 Å². The maximum atomic E-state index is 13.1. The van der Waals surface area contributed by atoms with E-state index in [1.165, 1.54) is 0 Å². The SMILES string of the molecule is CCn1nc(C)cc1C(=O)Nc1nc2cc(C(N)=O)cc3c2n1CC(C)CN3CCOC. The first-order chi connectivity index (χ1) is 15.3. The van der Waals surface area contributed by atoms with E-state index in [0.29, 0.717) is 49.0 Å². The number of primary amides is 1. The molecule has 2 amide bonds. The van der Waals surface area contributed by atoms with Crippen LogP contribution in [0.5, 0.6) is 0 Å². The van der Waals surface area contributed by atoms with Crippen LogP contribution < -0.4 is 16.0 Å². The summed E-state index contributed by atoms with van der Waals surface area (Å²) >= 11 is 0. The second-order valence-corrected chi connectivity index (χ2v) is 8.26. The summed E-state index contributed by atoms with van der Waals surface area (Å²) in [6.07, 6.45) is 0. The topological polar surface area (TPSA) is 120 Å². The lowest BCUT2D eigenvalue weighted by molar-refractivity contribution is 0.0996. The molecule has 170 valence electrons. The van der Waals surface area contributed by atoms with Gasteiger partial charge in [-0.25, -0.2) is 4.98 Å². The Morgan fingerprint density at radius 3 is 2.75 bits per heavy atom. The number of methoxy groups -OCH3 is 1. The second-order valence-electron chi connectivity index (χ2n) is 8.26. The standard InChI is InChI=1S/C22H29N7O3/c1-5-29-18(8-14(3)26-29)21(31)25-22-24-16-9-15(20(23)30)10-17-19(16)28(22)12-13(2)11-27(17)6-7-32-4/h8-10,13H,5-7,11-12H2,1-4H3,(H2,23,30)(H,24,25,31). The number of amides is 2. The third-order valence-electron chi connectivity index (χ3n) is 5.70. The lowest BCUT2D eigenvalue weighted by Crippen LogP contribution is -2.31. The second kappa shape index (κ2) is 8.62. The molecule has 0 aliphatic carbocycles. The van der Waals surface area contributed by atoms with Crippen LogP contribution in [0.1, 0.15) is 40.4 Å². The molecular formula is C22H29N7O3. The Balaban J connectivity index is 1.82. The van der Waals surface area contributed by atoms with Crippen molar-refractivity contribution in [3.05, 3.63) is 35.2 Å². The molecule has 1 aliphatic heterocycles. The van der Waals surface area contributed by atoms with E-state index in [0.717, 1.165) is 23.4 Å². The van der Waals surface area contributed by atoms with Crippen LogP contribution in [0.4, 0.5) is 11.6 Å². The first kappa shape index (κ1) is 21.8. The molecule has 3 heterocycles. The summed E-state index contributed by atoms with van der Waals surface area (Å²) in [5.41, 5.74) is 9.58. The minimum absolute atomic E-state index is 0.271. The molecule has 0 saturated carbocycles. The van der Waals surface area contributed by atoms with Gasteiger partial charge in [-0.15, -0.1) is 0 Å². The summed E-state index contributed by atoms with van der Waals surface area (Å²) < 4.78 is 8.98. The number of anilines is 2. The molecule has 1 atom stereocenters. The number of nitrogens with one attached hydrogen (secondary N) is 1. The molecule has 10 heteroatoms. The molecule has 3 N–H and O–H groups in total. The first-order valence-electron chi connectivity index (χ1n) is 10.8. The summed E-state index contributed by atoms with van der Waals surface area (Å²) in [5, 5.41) is 7.32. The zero-order valence-corrected chi connectivity index (χ0v) is 18.9. The van der Waals surface area contributed by atoms with E-state index in [-0.39, 0.29) is 11.8 Å². The van der Waals surface area contributed by atoms with Gasteiger partial charge < -0.3 is 19.9 Å². The third-order valence-corrected chi connectivity index (χ3v) is 5.70. The summed E-state index contributed by atoms with van der Waals surface area (Å²) in [6.45, 7) is 9.19. The van der Waals surface area contributed by atoms with Gasteiger partial charge in [-0.3, -0.25) is 19.6 Å². The van der Waals surface area contributed by atoms with Gasteiger partial charge in [0.1, 0.15) is 5.69 Å². The fraction of sp³-hybridized carbons (Fsp3) is 0.455. The zero-order valence-electron chi connectivity index (χ0n) is 18.9. The molecule has 0 saturated heterocycles. The Morgan fingerprint density at radius 2 is 2.06 bits per heavy atom. The van der Waals surface area contributed by atoms with Crippen molar-refractivity contribution in [2.24, 2.45) is 11.7 Å². The van der Waals surface area contributed by atoms with Gasteiger partial charge in [0.15, 0.2) is 0 Å². The van der Waals surface area contributed by atoms with E-state index in [2.05, 4.69) is 27.2 Å². The molecule has 0 fully saturated rings. The van der Waals surface area contributed by atoms with E-state index < -0.39 is 5.91 Å². The first-order valence-corrected chi connectivity index (χ1v) is 10.8. The fourth-order valence-corrected chi connectivity index (χ4v) is 4.29. The molecule has 32 heavy (non-hydrogen) atoms. The van der Waals surface area contributed by atoms with Gasteiger partial charge >= 0.3 is 0 Å². The van der Waals surface area contributed by atoms with Crippen LogP contribution in [0.2, 0.25) is 0 Å². The van der Waals surface area contributed by atoms with Gasteiger partial charge in [-0.1, -0.05) is 6.92 Å². The van der Waals surface area contributed by atoms with E-state index in [9.17, 15) is 9.59 Å². The zero-order chi connectivity index (χ0) is 23.0. The highest BCUT2D eigenvalue weighted by atomic mass is 16.5. The number of hydrogen-bond donors (Lipinski definition) is 2. The third kappa shape index (κ3) is 3.93. The van der Waals surface area contributed by atoms with Crippen LogP contribution in [0.25, 0.3) is 11.0 Å². The van der Waals surface area contributed by atoms with Gasteiger partial charge in [0.25, 0.3) is 5.91 Å². The number of nitrogens with zero attached hydrogens (tertiary/aromatic N) is 5. The van der Waals surface area contributed by atoms with Crippen LogP contribution in [-0.4, -0.2) is 58.0 Å². The largest absolute Gasteiger partial charge is 0.383 e. The molecule has 1 aliphatic rings. The highest BCUT2D eigenvalue weighted by Gasteiger charge is 2.27. The molecule has 2 aromatic heterocycles. The van der Waals surface area contributed by atoms with Gasteiger partial charge in [0, 0.05) is 38.9 Å². The molecule has 0 radical (unpaired) electrons. The van der Waals surface area contributed by atoms with Crippen molar-refractivity contribution in [1.29, 1.82) is 0 Å². The van der Waals surface area contributed by atoms with Gasteiger partial charge in [0.05, 0.1) is 29.0 Å². The molecule has 1 unspecified atom stereocenters. The molecule has 10 nitrogen and oxygen atoms in total. The monoisotopic (exact) mass is 439 g/mol. The quantitative estimate of drug-likeness (QED) is 0.581. The van der Waals surface area contributed by atoms with Gasteiger partial charge in [-0.05, 0) is 38.0 Å². The predicted molar refractivity (Wildman–Crippen MR) is 122 cm³/mol. The minimum Gasteiger partial charge on any atom is -0.383 e. The minimum atomic E-state index is -0.519. The van der Waals surface area contributed by atoms with Crippen molar-refractivity contribution in [3.8, 4) is 0 Å². The van der Waals surface area contributed by atoms with Crippen molar-refractivity contribution in [3.63, 3.8) is 0 Å². The van der Waals surface area contributed by atoms with Crippen molar-refractivity contribution >= 4 is 34.5 Å². The number of benzene rings is 1. The number of aromatic nitrogens is 4. The molecule has 0 spiro atoms. The maximum absolute atomic E-state index is 13.1. The van der Waals surface area contributed by atoms with E-state index in [1.54, 1.807) is 30.0 Å². The van der Waals surface area contributed by atoms with Crippen LogP contribution in [-0.2, 0) is 17.8 Å². The van der Waals surface area contributed by atoms with E-state index >= 15 is 0 Å². The smallest absolute Gasteiger partial charge is 0.276 e. The fourth-order valence-electron chi connectivity index (χ4n) is 4.29. The number of aryl methyl sites for hydroxylation is 2. The van der Waals surface area contributed by atoms with Crippen molar-refractivity contribution in [2.75, 3.05) is 37.0 Å². The van der Waals surface area contributed by atoms with E-state index in [4.69, 9.17) is 10.5 Å². The summed E-state index contributed by atoms with van der Waals surface area (Å²) in [5.74, 6) is -0.0824. The van der Waals surface area contributed by atoms with Crippen LogP contribution in [0.15, 0.2) is 18.2 Å². The van der Waals surface area contributed by atoms with E-state index in [1.807, 2.05) is 18.4 Å². The Labute approximate surface area is 186 Å². The van der Waals surface area contributed by atoms with Crippen LogP contribution in [0.3, 0.4) is 0 Å². The van der Waals surface area contributed by atoms with Crippen molar-refractivity contribution in [2.45, 2.75) is 33.9 Å². The average molecular weight is 440 g/mol. The molecular weight excluding hydrogens is 410 g/mol. The number of hydrogen-bond acceptors (Lipinski definition) is 6. The Kier molecular flexibility index (Phi) is 5.88. The van der Waals surface area contributed by atoms with Crippen molar-refractivity contribution in [1.82, 2.24) is 19.3 Å². The Hall–Kier alpha value is -3.40. The normalized spacial score (nSPS) is 15.8. The molecule has 0 bridgehead atoms. The Bertz CT molecular complexity index is 1180. The van der Waals surface area contributed by atoms with Crippen LogP contribution in [0, 0.1) is 12.8 Å². The summed E-state index contributed by atoms with van der Waals surface area (Å²) in [4.78, 5) is 31.9. The summed E-state index contributed by atoms with van der Waals surface area (Å²) in [6, 6.07) is 5.24. The predicted octanol–water partition coefficient (Wildman–Crippen LogP) is 2.01. The van der Waals surface area contributed by atoms with Gasteiger partial charge in [-0.2, -0.15) is 5.10 Å². The lowest BCUT2D eigenvalue weighted by atomic mass is 10.1. The molecule has 4 rings (SSSR count). The molecule has 1 aromatic carbocycles. The number of carbonyl (C=O) groups excluding carboxylic acids is 2. The number of imidazole rings is 1. The molecule has 3 aromatic rings. The number of rotatable bonds is 7. The summed E-state index contributed by atoms with van der Waals surface area (Å²) in [7, 11) is 1.66. The maximum Gasteiger partial charge on any atom is 0.276 e. The highest BCUT2D eigenvalue weighted by Crippen LogP contribution is 2.35. The highest BCUT2D eigenvalue weighted by molar-refractivity contribution is 6.05. The van der Waals surface area contributed by atoms with Crippen LogP contribution >= 0.6 is 0 Å². The number of nitrogens with two attached hydrogens (primary N) is 1. The lowest BCUT2D eigenvalue weighted by Gasteiger charge is -2.25. The Morgan fingerprint density at radius 1 is 1.28 bits per heavy atom. The number of ether oxygens (including phenoxy) is 1.